The maximum absolute atomic E-state index is 10.8. The zero-order valence-corrected chi connectivity index (χ0v) is 7.99. The van der Waals surface area contributed by atoms with Gasteiger partial charge in [0.1, 0.15) is 6.04 Å². The quantitative estimate of drug-likeness (QED) is 0.685. The van der Waals surface area contributed by atoms with Crippen molar-refractivity contribution in [3.63, 3.8) is 0 Å². The van der Waals surface area contributed by atoms with E-state index in [0.29, 0.717) is 12.8 Å². The average molecular weight is 195 g/mol. The third-order valence-electron chi connectivity index (χ3n) is 2.14. The number of hydrogen-bond acceptors (Lipinski definition) is 3. The standard InChI is InChI=1S/C10H13NO3/c1-11-9(10(13)14)6-7-2-4-8(12)5-3-7/h2-4,9,11H,5-6H2,1H3,(H,13,14). The SMILES string of the molecule is CNC(CC1=CCC(=O)C=C1)C(=O)O. The number of rotatable bonds is 4. The predicted octanol–water partition coefficient (Wildman–Crippen LogP) is 0.504. The molecule has 1 aliphatic carbocycles. The second-order valence-corrected chi connectivity index (χ2v) is 3.17. The molecule has 14 heavy (non-hydrogen) atoms. The van der Waals surface area contributed by atoms with Crippen molar-refractivity contribution in [3.05, 3.63) is 23.8 Å². The molecule has 0 amide bonds. The highest BCUT2D eigenvalue weighted by atomic mass is 16.4. The Kier molecular flexibility index (Phi) is 3.59. The lowest BCUT2D eigenvalue weighted by Gasteiger charge is -2.13. The highest BCUT2D eigenvalue weighted by Crippen LogP contribution is 2.13. The number of carboxylic acids is 1. The molecule has 1 aliphatic rings. The van der Waals surface area contributed by atoms with Crippen LogP contribution in [0.25, 0.3) is 0 Å². The minimum Gasteiger partial charge on any atom is -0.480 e. The Hall–Kier alpha value is -1.42. The highest BCUT2D eigenvalue weighted by molar-refractivity contribution is 5.92. The molecule has 0 radical (unpaired) electrons. The van der Waals surface area contributed by atoms with Gasteiger partial charge in [-0.15, -0.1) is 0 Å². The van der Waals surface area contributed by atoms with Crippen molar-refractivity contribution in [2.45, 2.75) is 18.9 Å². The number of nitrogens with one attached hydrogen (secondary N) is 1. The molecule has 4 nitrogen and oxygen atoms in total. The van der Waals surface area contributed by atoms with E-state index in [9.17, 15) is 9.59 Å². The molecular formula is C10H13NO3. The largest absolute Gasteiger partial charge is 0.480 e. The molecule has 1 atom stereocenters. The van der Waals surface area contributed by atoms with Gasteiger partial charge in [-0.1, -0.05) is 12.2 Å². The van der Waals surface area contributed by atoms with Gasteiger partial charge in [-0.3, -0.25) is 9.59 Å². The summed E-state index contributed by atoms with van der Waals surface area (Å²) in [7, 11) is 1.61. The van der Waals surface area contributed by atoms with E-state index in [1.165, 1.54) is 6.08 Å². The van der Waals surface area contributed by atoms with Crippen LogP contribution in [0.5, 0.6) is 0 Å². The second-order valence-electron chi connectivity index (χ2n) is 3.17. The third kappa shape index (κ3) is 2.81. The molecule has 0 heterocycles. The molecule has 0 aliphatic heterocycles. The number of carboxylic acid groups (broad SMARTS) is 1. The second kappa shape index (κ2) is 4.72. The number of hydrogen-bond donors (Lipinski definition) is 2. The number of carbonyl (C=O) groups is 2. The zero-order chi connectivity index (χ0) is 10.6. The topological polar surface area (TPSA) is 66.4 Å². The van der Waals surface area contributed by atoms with Crippen molar-refractivity contribution < 1.29 is 14.7 Å². The van der Waals surface area contributed by atoms with E-state index in [1.54, 1.807) is 19.2 Å². The first-order chi connectivity index (χ1) is 6.63. The molecule has 0 aromatic heterocycles. The van der Waals surface area contributed by atoms with E-state index in [2.05, 4.69) is 5.32 Å². The summed E-state index contributed by atoms with van der Waals surface area (Å²) in [5.74, 6) is -0.816. The van der Waals surface area contributed by atoms with Gasteiger partial charge in [-0.2, -0.15) is 0 Å². The summed E-state index contributed by atoms with van der Waals surface area (Å²) >= 11 is 0. The first kappa shape index (κ1) is 10.7. The van der Waals surface area contributed by atoms with Crippen LogP contribution < -0.4 is 5.32 Å². The Morgan fingerprint density at radius 2 is 2.36 bits per heavy atom. The highest BCUT2D eigenvalue weighted by Gasteiger charge is 2.16. The molecule has 1 rings (SSSR count). The van der Waals surface area contributed by atoms with E-state index in [0.717, 1.165) is 5.57 Å². The van der Waals surface area contributed by atoms with Gasteiger partial charge in [-0.05, 0) is 25.1 Å². The summed E-state index contributed by atoms with van der Waals surface area (Å²) in [5, 5.41) is 11.5. The van der Waals surface area contributed by atoms with Crippen molar-refractivity contribution >= 4 is 11.8 Å². The van der Waals surface area contributed by atoms with Gasteiger partial charge < -0.3 is 10.4 Å². The number of carbonyl (C=O) groups excluding carboxylic acids is 1. The summed E-state index contributed by atoms with van der Waals surface area (Å²) < 4.78 is 0. The van der Waals surface area contributed by atoms with Crippen molar-refractivity contribution in [2.75, 3.05) is 7.05 Å². The molecule has 4 heteroatoms. The van der Waals surface area contributed by atoms with Crippen molar-refractivity contribution in [3.8, 4) is 0 Å². The molecule has 0 fully saturated rings. The van der Waals surface area contributed by atoms with Crippen LogP contribution in [0, 0.1) is 0 Å². The Labute approximate surface area is 82.3 Å². The maximum atomic E-state index is 10.8. The van der Waals surface area contributed by atoms with E-state index >= 15 is 0 Å². The lowest BCUT2D eigenvalue weighted by atomic mass is 10.00. The number of aliphatic carboxylic acids is 1. The Morgan fingerprint density at radius 3 is 2.79 bits per heavy atom. The fourth-order valence-electron chi connectivity index (χ4n) is 1.27. The first-order valence-electron chi connectivity index (χ1n) is 4.43. The van der Waals surface area contributed by atoms with Gasteiger partial charge >= 0.3 is 5.97 Å². The Balaban J connectivity index is 2.56. The van der Waals surface area contributed by atoms with Crippen molar-refractivity contribution in [1.82, 2.24) is 5.32 Å². The van der Waals surface area contributed by atoms with Crippen LogP contribution in [-0.2, 0) is 9.59 Å². The maximum Gasteiger partial charge on any atom is 0.321 e. The smallest absolute Gasteiger partial charge is 0.321 e. The molecular weight excluding hydrogens is 182 g/mol. The van der Waals surface area contributed by atoms with Gasteiger partial charge in [0.25, 0.3) is 0 Å². The summed E-state index contributed by atoms with van der Waals surface area (Å²) in [4.78, 5) is 21.5. The zero-order valence-electron chi connectivity index (χ0n) is 7.99. The molecule has 0 aromatic carbocycles. The van der Waals surface area contributed by atoms with Crippen LogP contribution >= 0.6 is 0 Å². The molecule has 2 N–H and O–H groups in total. The van der Waals surface area contributed by atoms with Crippen LogP contribution in [0.1, 0.15) is 12.8 Å². The summed E-state index contributed by atoms with van der Waals surface area (Å²) in [5.41, 5.74) is 0.895. The molecule has 0 spiro atoms. The van der Waals surface area contributed by atoms with Crippen LogP contribution in [0.3, 0.4) is 0 Å². The summed E-state index contributed by atoms with van der Waals surface area (Å²) in [6.45, 7) is 0. The molecule has 0 aromatic rings. The summed E-state index contributed by atoms with van der Waals surface area (Å²) in [6.07, 6.45) is 5.73. The van der Waals surface area contributed by atoms with Gasteiger partial charge in [0, 0.05) is 6.42 Å². The minimum atomic E-state index is -0.876. The van der Waals surface area contributed by atoms with Crippen LogP contribution in [-0.4, -0.2) is 29.9 Å². The van der Waals surface area contributed by atoms with Crippen LogP contribution in [0.2, 0.25) is 0 Å². The number of ketones is 1. The van der Waals surface area contributed by atoms with E-state index in [4.69, 9.17) is 5.11 Å². The number of allylic oxidation sites excluding steroid dienone is 3. The van der Waals surface area contributed by atoms with Gasteiger partial charge in [-0.25, -0.2) is 0 Å². The normalized spacial score (nSPS) is 17.8. The monoisotopic (exact) mass is 195 g/mol. The van der Waals surface area contributed by atoms with Gasteiger partial charge in [0.2, 0.25) is 0 Å². The Morgan fingerprint density at radius 1 is 1.64 bits per heavy atom. The molecule has 0 saturated carbocycles. The molecule has 76 valence electrons. The Bertz CT molecular complexity index is 304. The fraction of sp³-hybridized carbons (Fsp3) is 0.400. The van der Waals surface area contributed by atoms with E-state index < -0.39 is 12.0 Å². The first-order valence-corrected chi connectivity index (χ1v) is 4.43. The average Bonchev–Trinajstić information content (AvgIpc) is 2.16. The van der Waals surface area contributed by atoms with Gasteiger partial charge in [0.15, 0.2) is 5.78 Å². The fourth-order valence-corrected chi connectivity index (χ4v) is 1.27. The van der Waals surface area contributed by atoms with Crippen LogP contribution in [0.15, 0.2) is 23.8 Å². The van der Waals surface area contributed by atoms with E-state index in [-0.39, 0.29) is 5.78 Å². The minimum absolute atomic E-state index is 0.0603. The van der Waals surface area contributed by atoms with Crippen molar-refractivity contribution in [2.24, 2.45) is 0 Å². The molecule has 0 saturated heterocycles. The van der Waals surface area contributed by atoms with Gasteiger partial charge in [0.05, 0.1) is 0 Å². The van der Waals surface area contributed by atoms with E-state index in [1.807, 2.05) is 0 Å². The third-order valence-corrected chi connectivity index (χ3v) is 2.14. The summed E-state index contributed by atoms with van der Waals surface area (Å²) in [6, 6.07) is -0.584. The molecule has 1 unspecified atom stereocenters. The van der Waals surface area contributed by atoms with Crippen molar-refractivity contribution in [1.29, 1.82) is 0 Å². The number of likely N-dealkylation sites (N-methyl/N-ethyl adjacent to an activating group) is 1. The predicted molar refractivity (Wildman–Crippen MR) is 51.9 cm³/mol. The van der Waals surface area contributed by atoms with Crippen LogP contribution in [0.4, 0.5) is 0 Å². The molecule has 0 bridgehead atoms. The lowest BCUT2D eigenvalue weighted by Crippen LogP contribution is -2.34. The lowest BCUT2D eigenvalue weighted by molar-refractivity contribution is -0.139.